The Balaban J connectivity index is 3.05. The van der Waals surface area contributed by atoms with Crippen molar-refractivity contribution in [3.63, 3.8) is 0 Å². The first kappa shape index (κ1) is 25.2. The molecule has 0 radical (unpaired) electrons. The Bertz CT molecular complexity index is 460. The van der Waals surface area contributed by atoms with Crippen molar-refractivity contribution in [3.8, 4) is 0 Å². The molecule has 0 aromatic carbocycles. The number of carbonyl (C=O) groups excluding carboxylic acids is 2. The van der Waals surface area contributed by atoms with E-state index < -0.39 is 36.4 Å². The lowest BCUT2D eigenvalue weighted by Crippen LogP contribution is -2.61. The Kier molecular flexibility index (Phi) is 12.8. The van der Waals surface area contributed by atoms with Crippen LogP contribution < -0.4 is 0 Å². The molecule has 1 aliphatic rings. The summed E-state index contributed by atoms with van der Waals surface area (Å²) in [7, 11) is 0. The van der Waals surface area contributed by atoms with Crippen molar-refractivity contribution in [2.24, 2.45) is 0 Å². The molecule has 1 saturated heterocycles. The molecule has 8 heteroatoms. The molecule has 164 valence electrons. The number of rotatable bonds is 13. The molecule has 5 atom stereocenters. The van der Waals surface area contributed by atoms with Crippen LogP contribution in [0, 0.1) is 0 Å². The van der Waals surface area contributed by atoms with E-state index in [-0.39, 0.29) is 12.0 Å². The monoisotopic (exact) mass is 420 g/mol. The van der Waals surface area contributed by atoms with Gasteiger partial charge in [-0.1, -0.05) is 33.6 Å². The molecule has 3 unspecified atom stereocenters. The van der Waals surface area contributed by atoms with Crippen molar-refractivity contribution < 1.29 is 33.3 Å². The lowest BCUT2D eigenvalue weighted by molar-refractivity contribution is -0.240. The van der Waals surface area contributed by atoms with E-state index in [1.807, 2.05) is 6.92 Å². The zero-order valence-corrected chi connectivity index (χ0v) is 18.6. The van der Waals surface area contributed by atoms with Crippen LogP contribution in [0.5, 0.6) is 0 Å². The second-order valence-corrected chi connectivity index (χ2v) is 8.14. The van der Waals surface area contributed by atoms with Crippen molar-refractivity contribution >= 4 is 23.7 Å². The summed E-state index contributed by atoms with van der Waals surface area (Å²) < 4.78 is 29.1. The number of thioether (sulfide) groups is 1. The first-order valence-electron chi connectivity index (χ1n) is 10.2. The molecule has 1 aliphatic heterocycles. The lowest BCUT2D eigenvalue weighted by atomic mass is 9.99. The number of unbranched alkanes of at least 4 members (excludes halogenated alkanes) is 2. The Morgan fingerprint density at radius 3 is 2.07 bits per heavy atom. The zero-order chi connectivity index (χ0) is 20.9. The predicted molar refractivity (Wildman–Crippen MR) is 108 cm³/mol. The molecule has 0 aromatic heterocycles. The van der Waals surface area contributed by atoms with Crippen LogP contribution >= 0.6 is 11.8 Å². The Labute approximate surface area is 173 Å². The first-order valence-corrected chi connectivity index (χ1v) is 11.3. The number of hydrogen-bond acceptors (Lipinski definition) is 8. The minimum Gasteiger partial charge on any atom is -0.456 e. The van der Waals surface area contributed by atoms with Crippen molar-refractivity contribution in [3.05, 3.63) is 0 Å². The summed E-state index contributed by atoms with van der Waals surface area (Å²) in [4.78, 5) is 23.5. The van der Waals surface area contributed by atoms with Gasteiger partial charge in [-0.25, -0.2) is 0 Å². The average molecular weight is 421 g/mol. The van der Waals surface area contributed by atoms with E-state index in [2.05, 4.69) is 13.8 Å². The van der Waals surface area contributed by atoms with Crippen LogP contribution in [0.25, 0.3) is 0 Å². The fourth-order valence-corrected chi connectivity index (χ4v) is 3.93. The fraction of sp³-hybridized carbons (Fsp3) is 0.900. The van der Waals surface area contributed by atoms with Crippen molar-refractivity contribution in [1.82, 2.24) is 0 Å². The van der Waals surface area contributed by atoms with E-state index in [0.717, 1.165) is 31.4 Å². The highest BCUT2D eigenvalue weighted by atomic mass is 32.2. The van der Waals surface area contributed by atoms with Crippen LogP contribution in [0.1, 0.15) is 60.3 Å². The normalized spacial score (nSPS) is 27.4. The molecular weight excluding hydrogens is 384 g/mol. The maximum atomic E-state index is 11.8. The summed E-state index contributed by atoms with van der Waals surface area (Å²) in [6.07, 6.45) is 1.27. The van der Waals surface area contributed by atoms with E-state index in [1.54, 1.807) is 11.8 Å². The standard InChI is InChI=1S/C20H36O7S/c1-6-9-11-23-13-16-17(25-14(4)21)18(26-15(5)22)19(24-12-10-7-2)20(27-16)28-8-3/h16-20H,6-13H2,1-5H3/t16?,17-,18?,19?,20-/m0/s1. The number of hydrogen-bond donors (Lipinski definition) is 0. The number of esters is 2. The smallest absolute Gasteiger partial charge is 0.303 e. The van der Waals surface area contributed by atoms with E-state index in [0.29, 0.717) is 13.2 Å². The van der Waals surface area contributed by atoms with E-state index in [4.69, 9.17) is 23.7 Å². The summed E-state index contributed by atoms with van der Waals surface area (Å²) in [5.41, 5.74) is -0.335. The molecule has 0 bridgehead atoms. The molecule has 1 fully saturated rings. The van der Waals surface area contributed by atoms with Gasteiger partial charge in [-0.05, 0) is 18.6 Å². The van der Waals surface area contributed by atoms with Gasteiger partial charge in [0.15, 0.2) is 12.2 Å². The van der Waals surface area contributed by atoms with Gasteiger partial charge in [0.25, 0.3) is 0 Å². The fourth-order valence-electron chi connectivity index (χ4n) is 2.96. The molecule has 0 aliphatic carbocycles. The van der Waals surface area contributed by atoms with Crippen LogP contribution in [0.4, 0.5) is 0 Å². The molecule has 1 heterocycles. The Morgan fingerprint density at radius 2 is 1.50 bits per heavy atom. The SMILES string of the molecule is CCCCOCC1O[C@@H](SCC)C(OCCCC)C(OC(C)=O)[C@H]1OC(C)=O. The third-order valence-electron chi connectivity index (χ3n) is 4.26. The first-order chi connectivity index (χ1) is 13.4. The summed E-state index contributed by atoms with van der Waals surface area (Å²) in [5, 5.41) is 0. The van der Waals surface area contributed by atoms with Crippen molar-refractivity contribution in [2.75, 3.05) is 25.6 Å². The highest BCUT2D eigenvalue weighted by molar-refractivity contribution is 7.99. The van der Waals surface area contributed by atoms with Gasteiger partial charge in [0.1, 0.15) is 17.6 Å². The van der Waals surface area contributed by atoms with Crippen molar-refractivity contribution in [2.45, 2.75) is 90.2 Å². The molecule has 0 aromatic rings. The topological polar surface area (TPSA) is 80.3 Å². The Morgan fingerprint density at radius 1 is 0.893 bits per heavy atom. The van der Waals surface area contributed by atoms with Crippen molar-refractivity contribution in [1.29, 1.82) is 0 Å². The van der Waals surface area contributed by atoms with Gasteiger partial charge in [0.2, 0.25) is 0 Å². The number of ether oxygens (including phenoxy) is 5. The van der Waals surface area contributed by atoms with E-state index in [1.165, 1.54) is 13.8 Å². The van der Waals surface area contributed by atoms with Crippen LogP contribution in [0.2, 0.25) is 0 Å². The Hall–Kier alpha value is -0.830. The molecule has 7 nitrogen and oxygen atoms in total. The van der Waals surface area contributed by atoms with Gasteiger partial charge in [0.05, 0.1) is 6.61 Å². The second kappa shape index (κ2) is 14.2. The minimum atomic E-state index is -0.775. The highest BCUT2D eigenvalue weighted by Crippen LogP contribution is 2.34. The van der Waals surface area contributed by atoms with Gasteiger partial charge in [-0.2, -0.15) is 0 Å². The van der Waals surface area contributed by atoms with Crippen LogP contribution in [0.3, 0.4) is 0 Å². The quantitative estimate of drug-likeness (QED) is 0.332. The van der Waals surface area contributed by atoms with E-state index in [9.17, 15) is 9.59 Å². The zero-order valence-electron chi connectivity index (χ0n) is 17.8. The summed E-state index contributed by atoms with van der Waals surface area (Å²) in [6.45, 7) is 10.3. The average Bonchev–Trinajstić information content (AvgIpc) is 2.63. The maximum Gasteiger partial charge on any atom is 0.303 e. The predicted octanol–water partition coefficient (Wildman–Crippen LogP) is 3.33. The largest absolute Gasteiger partial charge is 0.456 e. The third kappa shape index (κ3) is 8.68. The summed E-state index contributed by atoms with van der Waals surface area (Å²) in [5.74, 6) is -0.0931. The molecule has 0 spiro atoms. The molecule has 0 saturated carbocycles. The lowest BCUT2D eigenvalue weighted by Gasteiger charge is -2.44. The van der Waals surface area contributed by atoms with Gasteiger partial charge in [0, 0.05) is 27.1 Å². The van der Waals surface area contributed by atoms with E-state index >= 15 is 0 Å². The summed E-state index contributed by atoms with van der Waals surface area (Å²) in [6, 6.07) is 0. The second-order valence-electron chi connectivity index (χ2n) is 6.76. The molecule has 0 amide bonds. The van der Waals surface area contributed by atoms with Crippen LogP contribution in [0.15, 0.2) is 0 Å². The van der Waals surface area contributed by atoms with Crippen LogP contribution in [-0.4, -0.2) is 67.4 Å². The van der Waals surface area contributed by atoms with Crippen LogP contribution in [-0.2, 0) is 33.3 Å². The molecular formula is C20H36O7S. The molecule has 1 rings (SSSR count). The molecule has 0 N–H and O–H groups in total. The minimum absolute atomic E-state index is 0.262. The van der Waals surface area contributed by atoms with Gasteiger partial charge >= 0.3 is 11.9 Å². The van der Waals surface area contributed by atoms with Gasteiger partial charge < -0.3 is 23.7 Å². The third-order valence-corrected chi connectivity index (χ3v) is 5.30. The highest BCUT2D eigenvalue weighted by Gasteiger charge is 2.50. The van der Waals surface area contributed by atoms with Gasteiger partial charge in [-0.3, -0.25) is 9.59 Å². The number of carbonyl (C=O) groups is 2. The summed E-state index contributed by atoms with van der Waals surface area (Å²) >= 11 is 1.58. The van der Waals surface area contributed by atoms with Gasteiger partial charge in [-0.15, -0.1) is 11.8 Å². The molecule has 28 heavy (non-hydrogen) atoms. The maximum absolute atomic E-state index is 11.8.